The number of nitrogens with one attached hydrogen (secondary N) is 2. The van der Waals surface area contributed by atoms with Crippen molar-refractivity contribution in [2.45, 2.75) is 99.2 Å². The van der Waals surface area contributed by atoms with Crippen LogP contribution in [-0.2, 0) is 37.9 Å². The van der Waals surface area contributed by atoms with E-state index in [1.807, 2.05) is 7.05 Å². The summed E-state index contributed by atoms with van der Waals surface area (Å²) in [6.45, 7) is 0.348. The van der Waals surface area contributed by atoms with Crippen molar-refractivity contribution in [1.82, 2.24) is 10.6 Å². The predicted octanol–water partition coefficient (Wildman–Crippen LogP) is 0.751. The van der Waals surface area contributed by atoms with Crippen LogP contribution in [-0.4, -0.2) is 128 Å². The Bertz CT molecular complexity index is 785. The number of allylic oxidation sites excluding steroid dienone is 2. The molecule has 0 bridgehead atoms. The van der Waals surface area contributed by atoms with Gasteiger partial charge in [0.05, 0.1) is 30.9 Å². The Hall–Kier alpha value is -0.960. The van der Waals surface area contributed by atoms with E-state index >= 15 is 0 Å². The first-order valence-electron chi connectivity index (χ1n) is 14.0. The molecule has 11 atom stereocenters. The number of aliphatic hydroxyl groups excluding tert-OH is 1. The van der Waals surface area contributed by atoms with Crippen LogP contribution in [0.15, 0.2) is 24.3 Å². The maximum atomic E-state index is 11.5. The number of ether oxygens (including phenoxy) is 8. The quantitative estimate of drug-likeness (QED) is 0.279. The minimum atomic E-state index is -0.958. The maximum Gasteiger partial charge on any atom is 0.176 e. The van der Waals surface area contributed by atoms with Crippen LogP contribution >= 0.6 is 0 Å². The van der Waals surface area contributed by atoms with Gasteiger partial charge in [0.2, 0.25) is 0 Å². The molecule has 5 unspecified atom stereocenters. The molecule has 0 aromatic heterocycles. The van der Waals surface area contributed by atoms with Crippen molar-refractivity contribution in [3.05, 3.63) is 24.3 Å². The highest BCUT2D eigenvalue weighted by Gasteiger charge is 2.53. The molecule has 11 nitrogen and oxygen atoms in total. The molecule has 39 heavy (non-hydrogen) atoms. The van der Waals surface area contributed by atoms with Gasteiger partial charge in [-0.05, 0) is 45.7 Å². The van der Waals surface area contributed by atoms with Gasteiger partial charge in [-0.3, -0.25) is 0 Å². The molecule has 0 amide bonds. The highest BCUT2D eigenvalue weighted by molar-refractivity contribution is 5.05. The predicted molar refractivity (Wildman–Crippen MR) is 143 cm³/mol. The molecule has 11 heteroatoms. The molecule has 4 aliphatic rings. The lowest BCUT2D eigenvalue weighted by molar-refractivity contribution is -0.331. The van der Waals surface area contributed by atoms with Crippen LogP contribution in [0.3, 0.4) is 0 Å². The molecule has 2 heterocycles. The third-order valence-corrected chi connectivity index (χ3v) is 8.56. The minimum absolute atomic E-state index is 0.0762. The molecule has 0 aromatic rings. The van der Waals surface area contributed by atoms with E-state index in [0.717, 1.165) is 25.7 Å². The lowest BCUT2D eigenvalue weighted by Gasteiger charge is -2.50. The largest absolute Gasteiger partial charge is 0.388 e. The van der Waals surface area contributed by atoms with Gasteiger partial charge in [0.15, 0.2) is 12.6 Å². The van der Waals surface area contributed by atoms with E-state index in [2.05, 4.69) is 34.9 Å². The average molecular weight is 557 g/mol. The van der Waals surface area contributed by atoms with Crippen LogP contribution in [0.25, 0.3) is 0 Å². The van der Waals surface area contributed by atoms with Gasteiger partial charge in [0, 0.05) is 28.4 Å². The van der Waals surface area contributed by atoms with Crippen molar-refractivity contribution in [2.75, 3.05) is 49.1 Å². The standard InChI is InChI=1S/C28H48N2O9/c1-29-19-24(33-4)21(31)26(39-27(19)35-6)22(16-11-7-8-12-16)38-28-20(30-2)25(34-5)23(32-3)18(37-28)15-36-17-13-9-10-14-17/h7-10,16-31H,11-15H2,1-6H3/t18?,19?,20?,21-,22?,23+,24+,25+,26?,27-,28-/m0/s1. The zero-order valence-electron chi connectivity index (χ0n) is 24.1. The molecular weight excluding hydrogens is 508 g/mol. The molecule has 0 saturated carbocycles. The number of rotatable bonds is 13. The third-order valence-electron chi connectivity index (χ3n) is 8.56. The highest BCUT2D eigenvalue weighted by atomic mass is 16.7. The van der Waals surface area contributed by atoms with E-state index in [9.17, 15) is 5.11 Å². The normalized spacial score (nSPS) is 40.5. The van der Waals surface area contributed by atoms with Crippen molar-refractivity contribution in [3.63, 3.8) is 0 Å². The van der Waals surface area contributed by atoms with Gasteiger partial charge in [-0.15, -0.1) is 0 Å². The van der Waals surface area contributed by atoms with E-state index in [-0.39, 0.29) is 36.3 Å². The van der Waals surface area contributed by atoms with E-state index < -0.39 is 43.1 Å². The summed E-state index contributed by atoms with van der Waals surface area (Å²) in [5.74, 6) is 0.0762. The van der Waals surface area contributed by atoms with Gasteiger partial charge in [-0.1, -0.05) is 24.3 Å². The average Bonchev–Trinajstić information content (AvgIpc) is 3.69. The Kier molecular flexibility index (Phi) is 11.7. The van der Waals surface area contributed by atoms with Crippen molar-refractivity contribution in [3.8, 4) is 0 Å². The molecule has 3 N–H and O–H groups in total. The van der Waals surface area contributed by atoms with Gasteiger partial charge in [0.1, 0.15) is 36.6 Å². The van der Waals surface area contributed by atoms with Gasteiger partial charge >= 0.3 is 0 Å². The van der Waals surface area contributed by atoms with Crippen molar-refractivity contribution in [1.29, 1.82) is 0 Å². The Labute approximate surface area is 232 Å². The second-order valence-corrected chi connectivity index (χ2v) is 10.7. The van der Waals surface area contributed by atoms with Gasteiger partial charge in [-0.2, -0.15) is 0 Å². The molecule has 2 aliphatic carbocycles. The molecule has 0 aromatic carbocycles. The SMILES string of the molecule is CNC1[C@@H](OC)OC(C(O[C@@H]2OC(COC3CC=CC3)[C@@H](OC)[C@H](OC)C2NC)C2CC=CC2)[C@@H](O)[C@@H]1OC. The Morgan fingerprint density at radius 1 is 0.769 bits per heavy atom. The molecule has 2 fully saturated rings. The second kappa shape index (κ2) is 14.8. The van der Waals surface area contributed by atoms with Gasteiger partial charge in [0.25, 0.3) is 0 Å². The second-order valence-electron chi connectivity index (χ2n) is 10.7. The van der Waals surface area contributed by atoms with Crippen LogP contribution in [0.4, 0.5) is 0 Å². The summed E-state index contributed by atoms with van der Waals surface area (Å²) in [6.07, 6.45) is 6.82. The van der Waals surface area contributed by atoms with E-state index in [1.165, 1.54) is 0 Å². The Morgan fingerprint density at radius 3 is 1.92 bits per heavy atom. The summed E-state index contributed by atoms with van der Waals surface area (Å²) in [6, 6.07) is -0.694. The van der Waals surface area contributed by atoms with Crippen LogP contribution in [0.5, 0.6) is 0 Å². The molecule has 2 saturated heterocycles. The van der Waals surface area contributed by atoms with Gasteiger partial charge in [-0.25, -0.2) is 0 Å². The summed E-state index contributed by atoms with van der Waals surface area (Å²) < 4.78 is 49.2. The third kappa shape index (κ3) is 6.76. The number of hydrogen-bond donors (Lipinski definition) is 3. The molecule has 4 rings (SSSR count). The fourth-order valence-electron chi connectivity index (χ4n) is 6.43. The number of aliphatic hydroxyl groups is 1. The van der Waals surface area contributed by atoms with Crippen molar-refractivity contribution >= 4 is 0 Å². The van der Waals surface area contributed by atoms with Crippen LogP contribution in [0, 0.1) is 5.92 Å². The highest BCUT2D eigenvalue weighted by Crippen LogP contribution is 2.37. The first-order chi connectivity index (χ1) is 19.0. The number of methoxy groups -OCH3 is 4. The Morgan fingerprint density at radius 2 is 1.36 bits per heavy atom. The summed E-state index contributed by atoms with van der Waals surface area (Å²) in [4.78, 5) is 0. The fraction of sp³-hybridized carbons (Fsp3) is 0.857. The zero-order valence-corrected chi connectivity index (χ0v) is 24.1. The summed E-state index contributed by atoms with van der Waals surface area (Å²) >= 11 is 0. The van der Waals surface area contributed by atoms with Crippen LogP contribution in [0.1, 0.15) is 25.7 Å². The monoisotopic (exact) mass is 556 g/mol. The van der Waals surface area contributed by atoms with Crippen LogP contribution in [0.2, 0.25) is 0 Å². The topological polar surface area (TPSA) is 118 Å². The molecular formula is C28H48N2O9. The summed E-state index contributed by atoms with van der Waals surface area (Å²) in [5.41, 5.74) is 0. The smallest absolute Gasteiger partial charge is 0.176 e. The molecule has 224 valence electrons. The first kappa shape index (κ1) is 31.0. The van der Waals surface area contributed by atoms with Crippen molar-refractivity contribution < 1.29 is 43.0 Å². The van der Waals surface area contributed by atoms with Crippen molar-refractivity contribution in [2.24, 2.45) is 5.92 Å². The zero-order chi connectivity index (χ0) is 27.9. The molecule has 0 spiro atoms. The molecule has 2 aliphatic heterocycles. The maximum absolute atomic E-state index is 11.5. The number of hydrogen-bond acceptors (Lipinski definition) is 11. The lowest BCUT2D eigenvalue weighted by Crippen LogP contribution is -2.68. The summed E-state index contributed by atoms with van der Waals surface area (Å²) in [5, 5.41) is 18.0. The van der Waals surface area contributed by atoms with Crippen LogP contribution < -0.4 is 10.6 Å². The Balaban J connectivity index is 1.58. The lowest BCUT2D eigenvalue weighted by atomic mass is 9.86. The number of likely N-dealkylation sites (N-methyl/N-ethyl adjacent to an activating group) is 2. The van der Waals surface area contributed by atoms with E-state index in [0.29, 0.717) is 6.61 Å². The molecule has 0 radical (unpaired) electrons. The van der Waals surface area contributed by atoms with Gasteiger partial charge < -0.3 is 53.6 Å². The van der Waals surface area contributed by atoms with E-state index in [4.69, 9.17) is 37.9 Å². The van der Waals surface area contributed by atoms with E-state index in [1.54, 1.807) is 35.5 Å². The fourth-order valence-corrected chi connectivity index (χ4v) is 6.43. The summed E-state index contributed by atoms with van der Waals surface area (Å²) in [7, 11) is 10.1. The first-order valence-corrected chi connectivity index (χ1v) is 14.0. The minimum Gasteiger partial charge on any atom is -0.388 e.